The number of nitrogens with one attached hydrogen (secondary N) is 1. The fraction of sp³-hybridized carbons (Fsp3) is 0.333. The first-order chi connectivity index (χ1) is 11.2. The summed E-state index contributed by atoms with van der Waals surface area (Å²) >= 11 is 0. The fourth-order valence-electron chi connectivity index (χ4n) is 2.06. The minimum atomic E-state index is -0.402. The molecule has 1 aromatic heterocycles. The number of benzene rings is 1. The van der Waals surface area contributed by atoms with Gasteiger partial charge in [-0.15, -0.1) is 0 Å². The Hall–Kier alpha value is -2.74. The highest BCUT2D eigenvalue weighted by molar-refractivity contribution is 5.64. The summed E-state index contributed by atoms with van der Waals surface area (Å²) in [4.78, 5) is 14.5. The minimum absolute atomic E-state index is 0.0922. The number of aromatic nitrogens is 1. The van der Waals surface area contributed by atoms with Crippen molar-refractivity contribution in [2.24, 2.45) is 0 Å². The van der Waals surface area contributed by atoms with Crippen LogP contribution in [0.5, 0.6) is 11.5 Å². The van der Waals surface area contributed by atoms with Gasteiger partial charge in [0, 0.05) is 17.3 Å². The smallest absolute Gasteiger partial charge is 0.266 e. The molecule has 0 atom stereocenters. The Morgan fingerprint density at radius 3 is 2.13 bits per heavy atom. The molecular weight excluding hydrogens is 292 g/mol. The van der Waals surface area contributed by atoms with Crippen LogP contribution in [0.25, 0.3) is 11.3 Å². The van der Waals surface area contributed by atoms with E-state index in [0.29, 0.717) is 30.4 Å². The molecule has 0 radical (unpaired) electrons. The van der Waals surface area contributed by atoms with Crippen molar-refractivity contribution >= 4 is 0 Å². The van der Waals surface area contributed by atoms with Gasteiger partial charge in [-0.2, -0.15) is 5.26 Å². The number of pyridine rings is 1. The maximum absolute atomic E-state index is 11.8. The molecule has 0 bridgehead atoms. The monoisotopic (exact) mass is 312 g/mol. The van der Waals surface area contributed by atoms with Crippen molar-refractivity contribution in [1.29, 1.82) is 5.26 Å². The van der Waals surface area contributed by atoms with Gasteiger partial charge in [-0.05, 0) is 37.1 Å². The lowest BCUT2D eigenvalue weighted by atomic mass is 10.1. The van der Waals surface area contributed by atoms with Crippen molar-refractivity contribution in [1.82, 2.24) is 4.98 Å². The van der Waals surface area contributed by atoms with E-state index >= 15 is 0 Å². The molecule has 0 amide bonds. The van der Waals surface area contributed by atoms with Crippen molar-refractivity contribution in [2.45, 2.75) is 26.7 Å². The normalized spacial score (nSPS) is 10.1. The Morgan fingerprint density at radius 2 is 1.65 bits per heavy atom. The van der Waals surface area contributed by atoms with Gasteiger partial charge in [-0.25, -0.2) is 0 Å². The van der Waals surface area contributed by atoms with Gasteiger partial charge in [0.05, 0.1) is 13.2 Å². The third kappa shape index (κ3) is 4.36. The number of hydrogen-bond acceptors (Lipinski definition) is 4. The summed E-state index contributed by atoms with van der Waals surface area (Å²) in [5, 5.41) is 8.85. The van der Waals surface area contributed by atoms with Crippen LogP contribution in [0, 0.1) is 11.3 Å². The van der Waals surface area contributed by atoms with E-state index in [-0.39, 0.29) is 5.56 Å². The molecule has 0 fully saturated rings. The van der Waals surface area contributed by atoms with E-state index in [9.17, 15) is 4.79 Å². The van der Waals surface area contributed by atoms with E-state index in [1.807, 2.05) is 38.1 Å². The van der Waals surface area contributed by atoms with Gasteiger partial charge in [0.1, 0.15) is 23.1 Å². The number of aromatic amines is 1. The van der Waals surface area contributed by atoms with Crippen molar-refractivity contribution in [3.8, 4) is 28.8 Å². The molecule has 2 rings (SSSR count). The molecule has 1 heterocycles. The number of hydrogen-bond donors (Lipinski definition) is 1. The van der Waals surface area contributed by atoms with Gasteiger partial charge in [0.2, 0.25) is 0 Å². The van der Waals surface area contributed by atoms with Crippen molar-refractivity contribution in [2.75, 3.05) is 13.2 Å². The van der Waals surface area contributed by atoms with E-state index < -0.39 is 5.56 Å². The zero-order valence-corrected chi connectivity index (χ0v) is 13.4. The molecule has 1 aromatic carbocycles. The molecule has 0 aliphatic heterocycles. The van der Waals surface area contributed by atoms with Gasteiger partial charge in [0.15, 0.2) is 0 Å². The predicted molar refractivity (Wildman–Crippen MR) is 88.8 cm³/mol. The highest BCUT2D eigenvalue weighted by Gasteiger charge is 2.08. The Bertz CT molecular complexity index is 733. The zero-order valence-electron chi connectivity index (χ0n) is 13.4. The van der Waals surface area contributed by atoms with Crippen LogP contribution in [0.4, 0.5) is 0 Å². The Labute approximate surface area is 135 Å². The number of rotatable bonds is 7. The van der Waals surface area contributed by atoms with Crippen LogP contribution in [-0.4, -0.2) is 18.2 Å². The SMILES string of the molecule is CCCOc1cc(OCCC)cc(-c2ccc(C#N)c(=O)[nH]2)c1. The maximum atomic E-state index is 11.8. The lowest BCUT2D eigenvalue weighted by Gasteiger charge is -2.12. The third-order valence-electron chi connectivity index (χ3n) is 3.17. The van der Waals surface area contributed by atoms with Gasteiger partial charge in [0.25, 0.3) is 5.56 Å². The molecule has 0 spiro atoms. The summed E-state index contributed by atoms with van der Waals surface area (Å²) in [6.45, 7) is 5.30. The summed E-state index contributed by atoms with van der Waals surface area (Å²) in [6.07, 6.45) is 1.81. The molecule has 5 nitrogen and oxygen atoms in total. The molecule has 0 aliphatic carbocycles. The van der Waals surface area contributed by atoms with Gasteiger partial charge in [-0.1, -0.05) is 13.8 Å². The lowest BCUT2D eigenvalue weighted by molar-refractivity contribution is 0.302. The summed E-state index contributed by atoms with van der Waals surface area (Å²) < 4.78 is 11.4. The molecule has 0 saturated heterocycles. The average Bonchev–Trinajstić information content (AvgIpc) is 2.57. The van der Waals surface area contributed by atoms with Crippen molar-refractivity contribution < 1.29 is 9.47 Å². The van der Waals surface area contributed by atoms with Crippen LogP contribution in [0.15, 0.2) is 35.1 Å². The van der Waals surface area contributed by atoms with Gasteiger partial charge >= 0.3 is 0 Å². The molecule has 1 N–H and O–H groups in total. The summed E-state index contributed by atoms with van der Waals surface area (Å²) in [5.41, 5.74) is 1.10. The fourth-order valence-corrected chi connectivity index (χ4v) is 2.06. The predicted octanol–water partition coefficient (Wildman–Crippen LogP) is 3.49. The second-order valence-electron chi connectivity index (χ2n) is 5.12. The largest absolute Gasteiger partial charge is 0.493 e. The molecule has 23 heavy (non-hydrogen) atoms. The number of ether oxygens (including phenoxy) is 2. The minimum Gasteiger partial charge on any atom is -0.493 e. The van der Waals surface area contributed by atoms with Gasteiger partial charge < -0.3 is 14.5 Å². The van der Waals surface area contributed by atoms with E-state index in [2.05, 4.69) is 4.98 Å². The molecule has 0 aliphatic rings. The van der Waals surface area contributed by atoms with Gasteiger partial charge in [-0.3, -0.25) is 4.79 Å². The quantitative estimate of drug-likeness (QED) is 0.849. The van der Waals surface area contributed by atoms with Crippen LogP contribution in [0.3, 0.4) is 0 Å². The number of nitriles is 1. The standard InChI is InChI=1S/C18H20N2O3/c1-3-7-22-15-9-14(10-16(11-15)23-8-4-2)17-6-5-13(12-19)18(21)20-17/h5-6,9-11H,3-4,7-8H2,1-2H3,(H,20,21). The molecule has 5 heteroatoms. The zero-order chi connectivity index (χ0) is 16.7. The Morgan fingerprint density at radius 1 is 1.04 bits per heavy atom. The lowest BCUT2D eigenvalue weighted by Crippen LogP contribution is -2.10. The van der Waals surface area contributed by atoms with Crippen molar-refractivity contribution in [3.05, 3.63) is 46.2 Å². The molecule has 2 aromatic rings. The number of H-pyrrole nitrogens is 1. The van der Waals surface area contributed by atoms with E-state index in [4.69, 9.17) is 14.7 Å². The molecule has 0 saturated carbocycles. The van der Waals surface area contributed by atoms with Crippen LogP contribution >= 0.6 is 0 Å². The first-order valence-corrected chi connectivity index (χ1v) is 7.72. The topological polar surface area (TPSA) is 75.1 Å². The van der Waals surface area contributed by atoms with E-state index in [1.165, 1.54) is 6.07 Å². The van der Waals surface area contributed by atoms with Crippen LogP contribution in [0.2, 0.25) is 0 Å². The van der Waals surface area contributed by atoms with E-state index in [1.54, 1.807) is 6.07 Å². The highest BCUT2D eigenvalue weighted by Crippen LogP contribution is 2.29. The average molecular weight is 312 g/mol. The Kier molecular flexibility index (Phi) is 5.81. The molecule has 0 unspecified atom stereocenters. The second-order valence-corrected chi connectivity index (χ2v) is 5.12. The summed E-state index contributed by atoms with van der Waals surface area (Å²) in [7, 11) is 0. The van der Waals surface area contributed by atoms with Crippen LogP contribution in [0.1, 0.15) is 32.3 Å². The summed E-state index contributed by atoms with van der Waals surface area (Å²) in [6, 6.07) is 10.6. The molecule has 120 valence electrons. The second kappa shape index (κ2) is 8.04. The maximum Gasteiger partial charge on any atom is 0.266 e. The Balaban J connectivity index is 2.41. The first kappa shape index (κ1) is 16.6. The van der Waals surface area contributed by atoms with Crippen LogP contribution in [-0.2, 0) is 0 Å². The van der Waals surface area contributed by atoms with Crippen molar-refractivity contribution in [3.63, 3.8) is 0 Å². The summed E-state index contributed by atoms with van der Waals surface area (Å²) in [5.74, 6) is 1.39. The molecular formula is C18H20N2O3. The first-order valence-electron chi connectivity index (χ1n) is 7.72. The highest BCUT2D eigenvalue weighted by atomic mass is 16.5. The van der Waals surface area contributed by atoms with Crippen LogP contribution < -0.4 is 15.0 Å². The number of nitrogens with zero attached hydrogens (tertiary/aromatic N) is 1. The van der Waals surface area contributed by atoms with E-state index in [0.717, 1.165) is 18.4 Å². The third-order valence-corrected chi connectivity index (χ3v) is 3.17.